The third-order valence-corrected chi connectivity index (χ3v) is 14.1. The highest BCUT2D eigenvalue weighted by atomic mass is 16.7. The topological polar surface area (TPSA) is 111 Å². The molecule has 9 nitrogen and oxygen atoms in total. The Balaban J connectivity index is 4.01. The molecule has 0 saturated carbocycles. The van der Waals surface area contributed by atoms with Gasteiger partial charge in [-0.05, 0) is 89.9 Å². The van der Waals surface area contributed by atoms with Crippen LogP contribution < -0.4 is 5.11 Å². The molecule has 0 spiro atoms. The fourth-order valence-electron chi connectivity index (χ4n) is 9.12. The van der Waals surface area contributed by atoms with Crippen LogP contribution in [0.15, 0.2) is 85.1 Å². The maximum atomic E-state index is 12.9. The molecular formula is C70H123NO8. The Bertz CT molecular complexity index is 1570. The van der Waals surface area contributed by atoms with E-state index in [0.717, 1.165) is 89.9 Å². The number of likely N-dealkylation sites (N-methyl/N-ethyl adjacent to an activating group) is 1. The third-order valence-electron chi connectivity index (χ3n) is 14.1. The standard InChI is InChI=1S/C70H123NO8/c1-6-8-10-12-14-16-18-20-22-23-24-25-26-27-28-29-30-31-32-33-34-35-36-37-38-39-40-41-42-43-44-45-47-49-51-53-55-57-59-61-68(73)79-66(65-78-70(69(74)75)76-63-62-71(3,4)5)64-77-67(72)60-58-56-54-52-50-48-46-21-19-17-15-13-11-9-7-2/h8,10,14,16,20-22,24-25,27-28,30-31,46,66,70H,6-7,9,11-13,15,17-19,23,26,29,32-45,47-65H2,1-5H3/b10-8-,16-14-,22-20-,25-24-,28-27-,31-30-,46-21-. The van der Waals surface area contributed by atoms with E-state index in [2.05, 4.69) is 98.9 Å². The van der Waals surface area contributed by atoms with Crippen molar-refractivity contribution in [2.24, 2.45) is 0 Å². The summed E-state index contributed by atoms with van der Waals surface area (Å²) in [7, 11) is 5.92. The average molecular weight is 1110 g/mol. The van der Waals surface area contributed by atoms with Crippen molar-refractivity contribution in [2.45, 2.75) is 296 Å². The first-order chi connectivity index (χ1) is 38.6. The van der Waals surface area contributed by atoms with Crippen LogP contribution in [0.2, 0.25) is 0 Å². The fraction of sp³-hybridized carbons (Fsp3) is 0.757. The van der Waals surface area contributed by atoms with Gasteiger partial charge in [-0.3, -0.25) is 9.59 Å². The molecule has 0 aromatic heterocycles. The van der Waals surface area contributed by atoms with Gasteiger partial charge in [0.15, 0.2) is 12.4 Å². The molecule has 0 aliphatic carbocycles. The van der Waals surface area contributed by atoms with Crippen molar-refractivity contribution in [1.82, 2.24) is 0 Å². The zero-order valence-corrected chi connectivity index (χ0v) is 52.0. The number of hydrogen-bond acceptors (Lipinski definition) is 8. The molecule has 2 unspecified atom stereocenters. The summed E-state index contributed by atoms with van der Waals surface area (Å²) in [5.41, 5.74) is 0. The van der Waals surface area contributed by atoms with Crippen molar-refractivity contribution in [2.75, 3.05) is 47.5 Å². The predicted octanol–water partition coefficient (Wildman–Crippen LogP) is 18.6. The number of rotatable bonds is 60. The molecule has 0 amide bonds. The van der Waals surface area contributed by atoms with Crippen molar-refractivity contribution in [3.63, 3.8) is 0 Å². The van der Waals surface area contributed by atoms with E-state index in [1.54, 1.807) is 0 Å². The van der Waals surface area contributed by atoms with Crippen LogP contribution in [0.25, 0.3) is 0 Å². The van der Waals surface area contributed by atoms with E-state index >= 15 is 0 Å². The Morgan fingerprint density at radius 1 is 0.392 bits per heavy atom. The van der Waals surface area contributed by atoms with Crippen molar-refractivity contribution < 1.29 is 42.9 Å². The maximum absolute atomic E-state index is 12.9. The first-order valence-corrected chi connectivity index (χ1v) is 32.7. The second-order valence-corrected chi connectivity index (χ2v) is 23.0. The summed E-state index contributed by atoms with van der Waals surface area (Å²) in [5, 5.41) is 11.8. The molecule has 0 aliphatic rings. The highest BCUT2D eigenvalue weighted by molar-refractivity contribution is 5.70. The minimum atomic E-state index is -1.62. The van der Waals surface area contributed by atoms with Crippen LogP contribution >= 0.6 is 0 Å². The average Bonchev–Trinajstić information content (AvgIpc) is 3.42. The molecule has 0 radical (unpaired) electrons. The van der Waals surface area contributed by atoms with Crippen molar-refractivity contribution in [3.8, 4) is 0 Å². The van der Waals surface area contributed by atoms with Crippen LogP contribution in [0.3, 0.4) is 0 Å². The quantitative estimate of drug-likeness (QED) is 0.0195. The van der Waals surface area contributed by atoms with Gasteiger partial charge in [-0.2, -0.15) is 0 Å². The van der Waals surface area contributed by atoms with Crippen LogP contribution in [0.4, 0.5) is 0 Å². The molecule has 0 rings (SSSR count). The fourth-order valence-corrected chi connectivity index (χ4v) is 9.12. The zero-order chi connectivity index (χ0) is 57.6. The van der Waals surface area contributed by atoms with Crippen molar-refractivity contribution >= 4 is 17.9 Å². The van der Waals surface area contributed by atoms with Gasteiger partial charge in [0.2, 0.25) is 0 Å². The molecule has 0 aromatic rings. The second-order valence-electron chi connectivity index (χ2n) is 23.0. The molecule has 2 atom stereocenters. The number of nitrogens with zero attached hydrogens (tertiary/aromatic N) is 1. The summed E-state index contributed by atoms with van der Waals surface area (Å²) in [4.78, 5) is 37.3. The number of allylic oxidation sites excluding steroid dienone is 14. The molecule has 0 heterocycles. The molecule has 0 N–H and O–H groups in total. The van der Waals surface area contributed by atoms with Crippen LogP contribution in [0, 0.1) is 0 Å². The van der Waals surface area contributed by atoms with Crippen LogP contribution in [-0.2, 0) is 33.3 Å². The number of quaternary nitrogens is 1. The Kier molecular flexibility index (Phi) is 57.9. The van der Waals surface area contributed by atoms with E-state index in [9.17, 15) is 19.5 Å². The number of carbonyl (C=O) groups is 3. The summed E-state index contributed by atoms with van der Waals surface area (Å²) in [5.74, 6) is -2.28. The summed E-state index contributed by atoms with van der Waals surface area (Å²) in [6.45, 7) is 4.64. The minimum absolute atomic E-state index is 0.146. The van der Waals surface area contributed by atoms with Gasteiger partial charge in [0, 0.05) is 12.8 Å². The van der Waals surface area contributed by atoms with Crippen LogP contribution in [-0.4, -0.2) is 82.3 Å². The van der Waals surface area contributed by atoms with E-state index < -0.39 is 24.3 Å². The van der Waals surface area contributed by atoms with E-state index in [-0.39, 0.29) is 38.6 Å². The van der Waals surface area contributed by atoms with Gasteiger partial charge in [-0.1, -0.05) is 266 Å². The lowest BCUT2D eigenvalue weighted by Crippen LogP contribution is -2.44. The van der Waals surface area contributed by atoms with Crippen LogP contribution in [0.1, 0.15) is 284 Å². The van der Waals surface area contributed by atoms with E-state index in [1.807, 2.05) is 21.1 Å². The van der Waals surface area contributed by atoms with Gasteiger partial charge in [0.05, 0.1) is 40.3 Å². The highest BCUT2D eigenvalue weighted by Crippen LogP contribution is 2.17. The number of unbranched alkanes of at least 4 members (excludes halogenated alkanes) is 31. The first kappa shape index (κ1) is 75.5. The number of carbonyl (C=O) groups excluding carboxylic acids is 3. The molecule has 0 saturated heterocycles. The summed E-state index contributed by atoms with van der Waals surface area (Å²) in [6, 6.07) is 0. The number of aliphatic carboxylic acids is 1. The normalized spacial score (nSPS) is 13.3. The molecule has 0 aromatic carbocycles. The lowest BCUT2D eigenvalue weighted by Gasteiger charge is -2.26. The van der Waals surface area contributed by atoms with Gasteiger partial charge >= 0.3 is 11.9 Å². The number of hydrogen-bond donors (Lipinski definition) is 0. The maximum Gasteiger partial charge on any atom is 0.306 e. The number of esters is 2. The van der Waals surface area contributed by atoms with Gasteiger partial charge in [0.1, 0.15) is 13.2 Å². The Morgan fingerprint density at radius 3 is 1.09 bits per heavy atom. The summed E-state index contributed by atoms with van der Waals surface area (Å²) >= 11 is 0. The largest absolute Gasteiger partial charge is 0.545 e. The van der Waals surface area contributed by atoms with E-state index in [4.69, 9.17) is 18.9 Å². The zero-order valence-electron chi connectivity index (χ0n) is 52.0. The third kappa shape index (κ3) is 61.9. The molecule has 0 fully saturated rings. The van der Waals surface area contributed by atoms with E-state index in [0.29, 0.717) is 17.4 Å². The lowest BCUT2D eigenvalue weighted by molar-refractivity contribution is -0.870. The molecule has 0 bridgehead atoms. The number of carboxylic acids is 1. The van der Waals surface area contributed by atoms with E-state index in [1.165, 1.54) is 161 Å². The molecule has 0 aliphatic heterocycles. The molecule has 9 heteroatoms. The number of carboxylic acid groups (broad SMARTS) is 1. The summed E-state index contributed by atoms with van der Waals surface area (Å²) in [6.07, 6.45) is 78.1. The Morgan fingerprint density at radius 2 is 0.722 bits per heavy atom. The second kappa shape index (κ2) is 60.6. The first-order valence-electron chi connectivity index (χ1n) is 32.7. The minimum Gasteiger partial charge on any atom is -0.545 e. The van der Waals surface area contributed by atoms with Gasteiger partial charge in [-0.15, -0.1) is 0 Å². The van der Waals surface area contributed by atoms with Gasteiger partial charge in [-0.25, -0.2) is 0 Å². The van der Waals surface area contributed by atoms with Crippen molar-refractivity contribution in [3.05, 3.63) is 85.1 Å². The predicted molar refractivity (Wildman–Crippen MR) is 334 cm³/mol. The Hall–Kier alpha value is -3.53. The molecule has 456 valence electrons. The Labute approximate surface area is 487 Å². The van der Waals surface area contributed by atoms with Gasteiger partial charge < -0.3 is 33.3 Å². The monoisotopic (exact) mass is 1110 g/mol. The highest BCUT2D eigenvalue weighted by Gasteiger charge is 2.22. The van der Waals surface area contributed by atoms with Crippen molar-refractivity contribution in [1.29, 1.82) is 0 Å². The SMILES string of the molecule is CC/C=C\C/C=C\C/C=C\C/C=C\C/C=C\C/C=C\CCCCCCCCCCCCCCCCCCCCCCC(=O)OC(COC(=O)CCCCCCC/C=C\CCCCCCCC)COC(OCC[N+](C)(C)C)C(=O)[O-]. The van der Waals surface area contributed by atoms with Crippen LogP contribution in [0.5, 0.6) is 0 Å². The lowest BCUT2D eigenvalue weighted by atomic mass is 10.0. The van der Waals surface area contributed by atoms with Gasteiger partial charge in [0.25, 0.3) is 0 Å². The number of ether oxygens (including phenoxy) is 4. The molecule has 79 heavy (non-hydrogen) atoms. The smallest absolute Gasteiger partial charge is 0.306 e. The summed E-state index contributed by atoms with van der Waals surface area (Å²) < 4.78 is 22.7. The molecular weight excluding hydrogens is 983 g/mol.